The molecule has 0 aromatic carbocycles. The molecule has 16 heavy (non-hydrogen) atoms. The number of methoxy groups -OCH3 is 1. The lowest BCUT2D eigenvalue weighted by molar-refractivity contribution is 0.162. The fourth-order valence-electron chi connectivity index (χ4n) is 1.91. The summed E-state index contributed by atoms with van der Waals surface area (Å²) in [5.74, 6) is 0. The first-order valence-corrected chi connectivity index (χ1v) is 5.97. The van der Waals surface area contributed by atoms with Crippen LogP contribution in [-0.2, 0) is 18.2 Å². The van der Waals surface area contributed by atoms with Crippen molar-refractivity contribution in [1.82, 2.24) is 15.1 Å². The Labute approximate surface area is 98.0 Å². The number of nitrogens with one attached hydrogen (secondary N) is 1. The topological polar surface area (TPSA) is 39.1 Å². The maximum absolute atomic E-state index is 5.19. The molecule has 1 aromatic rings. The standard InChI is InChI=1S/C12H23N3O/c1-4-13-11(10-16-3)6-5-7-12-8-9-14-15(12)2/h8-9,11,13H,4-7,10H2,1-3H3. The zero-order valence-corrected chi connectivity index (χ0v) is 10.6. The van der Waals surface area contributed by atoms with Gasteiger partial charge in [0.1, 0.15) is 0 Å². The van der Waals surface area contributed by atoms with Crippen molar-refractivity contribution < 1.29 is 4.74 Å². The van der Waals surface area contributed by atoms with E-state index in [-0.39, 0.29) is 0 Å². The predicted octanol–water partition coefficient (Wildman–Crippen LogP) is 1.37. The van der Waals surface area contributed by atoms with Gasteiger partial charge >= 0.3 is 0 Å². The third kappa shape index (κ3) is 4.33. The van der Waals surface area contributed by atoms with Gasteiger partial charge in [-0.25, -0.2) is 0 Å². The summed E-state index contributed by atoms with van der Waals surface area (Å²) >= 11 is 0. The van der Waals surface area contributed by atoms with E-state index in [1.165, 1.54) is 12.1 Å². The molecule has 1 rings (SSSR count). The number of rotatable bonds is 8. The van der Waals surface area contributed by atoms with Crippen molar-refractivity contribution in [1.29, 1.82) is 0 Å². The molecule has 1 atom stereocenters. The molecule has 0 bridgehead atoms. The molecule has 1 N–H and O–H groups in total. The van der Waals surface area contributed by atoms with E-state index >= 15 is 0 Å². The fraction of sp³-hybridized carbons (Fsp3) is 0.750. The van der Waals surface area contributed by atoms with Crippen LogP contribution in [0.25, 0.3) is 0 Å². The molecule has 0 aliphatic rings. The van der Waals surface area contributed by atoms with Gasteiger partial charge in [-0.05, 0) is 31.9 Å². The first-order chi connectivity index (χ1) is 7.77. The van der Waals surface area contributed by atoms with Crippen molar-refractivity contribution in [2.45, 2.75) is 32.2 Å². The summed E-state index contributed by atoms with van der Waals surface area (Å²) in [5.41, 5.74) is 1.30. The van der Waals surface area contributed by atoms with E-state index < -0.39 is 0 Å². The Morgan fingerprint density at radius 2 is 2.38 bits per heavy atom. The van der Waals surface area contributed by atoms with Crippen LogP contribution in [0.1, 0.15) is 25.5 Å². The second-order valence-corrected chi connectivity index (χ2v) is 4.05. The van der Waals surface area contributed by atoms with Crippen LogP contribution in [0.2, 0.25) is 0 Å². The number of hydrogen-bond donors (Lipinski definition) is 1. The van der Waals surface area contributed by atoms with Gasteiger partial charge in [0.05, 0.1) is 6.61 Å². The molecule has 4 nitrogen and oxygen atoms in total. The Hall–Kier alpha value is -0.870. The molecule has 0 aliphatic heterocycles. The van der Waals surface area contributed by atoms with E-state index in [0.29, 0.717) is 6.04 Å². The van der Waals surface area contributed by atoms with Crippen molar-refractivity contribution in [3.8, 4) is 0 Å². The highest BCUT2D eigenvalue weighted by molar-refractivity contribution is 4.99. The van der Waals surface area contributed by atoms with Crippen LogP contribution in [0.4, 0.5) is 0 Å². The van der Waals surface area contributed by atoms with Crippen molar-refractivity contribution in [2.75, 3.05) is 20.3 Å². The SMILES string of the molecule is CCNC(CCCc1ccnn1C)COC. The molecule has 0 amide bonds. The first kappa shape index (κ1) is 13.2. The Balaban J connectivity index is 2.24. The summed E-state index contributed by atoms with van der Waals surface area (Å²) in [6, 6.07) is 2.56. The zero-order valence-electron chi connectivity index (χ0n) is 10.6. The molecule has 0 radical (unpaired) electrons. The van der Waals surface area contributed by atoms with E-state index in [0.717, 1.165) is 26.0 Å². The lowest BCUT2D eigenvalue weighted by atomic mass is 10.1. The maximum Gasteiger partial charge on any atom is 0.0615 e. The first-order valence-electron chi connectivity index (χ1n) is 5.97. The van der Waals surface area contributed by atoms with E-state index in [2.05, 4.69) is 23.4 Å². The molecule has 0 saturated heterocycles. The number of hydrogen-bond acceptors (Lipinski definition) is 3. The van der Waals surface area contributed by atoms with Gasteiger partial charge in [-0.2, -0.15) is 5.10 Å². The largest absolute Gasteiger partial charge is 0.383 e. The highest BCUT2D eigenvalue weighted by Crippen LogP contribution is 2.06. The molecule has 0 saturated carbocycles. The van der Waals surface area contributed by atoms with Gasteiger partial charge in [-0.3, -0.25) is 4.68 Å². The van der Waals surface area contributed by atoms with Gasteiger partial charge in [-0.15, -0.1) is 0 Å². The van der Waals surface area contributed by atoms with Gasteiger partial charge in [0, 0.05) is 32.1 Å². The van der Waals surface area contributed by atoms with Crippen LogP contribution in [0.5, 0.6) is 0 Å². The molecule has 0 spiro atoms. The molecular weight excluding hydrogens is 202 g/mol. The van der Waals surface area contributed by atoms with Crippen molar-refractivity contribution in [3.63, 3.8) is 0 Å². The van der Waals surface area contributed by atoms with Gasteiger partial charge in [0.25, 0.3) is 0 Å². The summed E-state index contributed by atoms with van der Waals surface area (Å²) in [6.07, 6.45) is 5.25. The molecule has 0 fully saturated rings. The molecule has 1 unspecified atom stereocenters. The van der Waals surface area contributed by atoms with Crippen LogP contribution >= 0.6 is 0 Å². The normalized spacial score (nSPS) is 12.9. The second-order valence-electron chi connectivity index (χ2n) is 4.05. The minimum Gasteiger partial charge on any atom is -0.383 e. The number of ether oxygens (including phenoxy) is 1. The van der Waals surface area contributed by atoms with Gasteiger partial charge in [0.2, 0.25) is 0 Å². The molecule has 4 heteroatoms. The average molecular weight is 225 g/mol. The second kappa shape index (κ2) is 7.41. The van der Waals surface area contributed by atoms with E-state index in [4.69, 9.17) is 4.74 Å². The van der Waals surface area contributed by atoms with Crippen LogP contribution < -0.4 is 5.32 Å². The maximum atomic E-state index is 5.19. The Morgan fingerprint density at radius 3 is 2.94 bits per heavy atom. The lowest BCUT2D eigenvalue weighted by Crippen LogP contribution is -2.33. The van der Waals surface area contributed by atoms with Crippen molar-refractivity contribution in [2.24, 2.45) is 7.05 Å². The van der Waals surface area contributed by atoms with Crippen LogP contribution in [-0.4, -0.2) is 36.1 Å². The third-order valence-electron chi connectivity index (χ3n) is 2.77. The monoisotopic (exact) mass is 225 g/mol. The zero-order chi connectivity index (χ0) is 11.8. The third-order valence-corrected chi connectivity index (χ3v) is 2.77. The quantitative estimate of drug-likeness (QED) is 0.726. The smallest absolute Gasteiger partial charge is 0.0615 e. The fourth-order valence-corrected chi connectivity index (χ4v) is 1.91. The molecule has 0 aliphatic carbocycles. The molecule has 1 aromatic heterocycles. The van der Waals surface area contributed by atoms with Gasteiger partial charge in [0.15, 0.2) is 0 Å². The van der Waals surface area contributed by atoms with Gasteiger partial charge in [-0.1, -0.05) is 6.92 Å². The minimum atomic E-state index is 0.475. The highest BCUT2D eigenvalue weighted by atomic mass is 16.5. The van der Waals surface area contributed by atoms with Crippen molar-refractivity contribution >= 4 is 0 Å². The van der Waals surface area contributed by atoms with E-state index in [9.17, 15) is 0 Å². The van der Waals surface area contributed by atoms with Crippen LogP contribution in [0.15, 0.2) is 12.3 Å². The van der Waals surface area contributed by atoms with Crippen molar-refractivity contribution in [3.05, 3.63) is 18.0 Å². The molecular formula is C12H23N3O. The van der Waals surface area contributed by atoms with E-state index in [1.807, 2.05) is 17.9 Å². The number of likely N-dealkylation sites (N-methyl/N-ethyl adjacent to an activating group) is 1. The summed E-state index contributed by atoms with van der Waals surface area (Å²) in [5, 5.41) is 7.59. The summed E-state index contributed by atoms with van der Waals surface area (Å²) in [7, 11) is 3.75. The average Bonchev–Trinajstić information content (AvgIpc) is 2.65. The minimum absolute atomic E-state index is 0.475. The lowest BCUT2D eigenvalue weighted by Gasteiger charge is -2.16. The molecule has 1 heterocycles. The summed E-state index contributed by atoms with van der Waals surface area (Å²) in [6.45, 7) is 3.92. The van der Waals surface area contributed by atoms with Crippen LogP contribution in [0, 0.1) is 0 Å². The summed E-state index contributed by atoms with van der Waals surface area (Å²) < 4.78 is 7.13. The van der Waals surface area contributed by atoms with E-state index in [1.54, 1.807) is 7.11 Å². The van der Waals surface area contributed by atoms with Gasteiger partial charge < -0.3 is 10.1 Å². The molecule has 92 valence electrons. The number of nitrogens with zero attached hydrogens (tertiary/aromatic N) is 2. The Bertz CT molecular complexity index is 280. The Morgan fingerprint density at radius 1 is 1.56 bits per heavy atom. The number of aryl methyl sites for hydroxylation is 2. The summed E-state index contributed by atoms with van der Waals surface area (Å²) in [4.78, 5) is 0. The predicted molar refractivity (Wildman–Crippen MR) is 65.5 cm³/mol. The highest BCUT2D eigenvalue weighted by Gasteiger charge is 2.07. The number of aromatic nitrogens is 2. The Kier molecular flexibility index (Phi) is 6.11. The van der Waals surface area contributed by atoms with Crippen LogP contribution in [0.3, 0.4) is 0 Å².